The van der Waals surface area contributed by atoms with Gasteiger partial charge in [0.1, 0.15) is 32.7 Å². The van der Waals surface area contributed by atoms with Gasteiger partial charge in [0, 0.05) is 10.7 Å². The summed E-state index contributed by atoms with van der Waals surface area (Å²) in [5.41, 5.74) is 1.71. The molecule has 1 aliphatic heterocycles. The van der Waals surface area contributed by atoms with Crippen LogP contribution in [0.15, 0.2) is 30.3 Å². The van der Waals surface area contributed by atoms with E-state index in [9.17, 15) is 4.79 Å². The van der Waals surface area contributed by atoms with Gasteiger partial charge in [0.25, 0.3) is 5.91 Å². The number of quaternary nitrogens is 2. The van der Waals surface area contributed by atoms with Crippen LogP contribution in [0.1, 0.15) is 10.4 Å². The van der Waals surface area contributed by atoms with Crippen LogP contribution in [0.25, 0.3) is 0 Å². The molecule has 2 aromatic rings. The van der Waals surface area contributed by atoms with Crippen LogP contribution in [0.2, 0.25) is 9.36 Å². The number of piperazine rings is 1. The van der Waals surface area contributed by atoms with Crippen LogP contribution in [0.4, 0.5) is 5.69 Å². The number of hydrogen-bond acceptors (Lipinski definition) is 2. The van der Waals surface area contributed by atoms with E-state index in [0.29, 0.717) is 11.6 Å². The first kappa shape index (κ1) is 18.7. The molecule has 7 heteroatoms. The van der Waals surface area contributed by atoms with Gasteiger partial charge < -0.3 is 15.1 Å². The third-order valence-corrected chi connectivity index (χ3v) is 6.31. The highest BCUT2D eigenvalue weighted by molar-refractivity contribution is 7.16. The van der Waals surface area contributed by atoms with Crippen molar-refractivity contribution in [3.05, 3.63) is 50.1 Å². The maximum absolute atomic E-state index is 12.3. The van der Waals surface area contributed by atoms with E-state index in [1.54, 1.807) is 16.2 Å². The van der Waals surface area contributed by atoms with Crippen molar-refractivity contribution in [1.82, 2.24) is 0 Å². The molecular formula is C18H23Cl2N3OS+2. The Hall–Kier alpha value is -1.11. The topological polar surface area (TPSA) is 38.0 Å². The summed E-state index contributed by atoms with van der Waals surface area (Å²) < 4.78 is 0.853. The maximum Gasteiger partial charge on any atom is 0.279 e. The molecule has 0 aliphatic carbocycles. The van der Waals surface area contributed by atoms with E-state index < -0.39 is 0 Å². The fourth-order valence-corrected chi connectivity index (χ4v) is 4.50. The van der Waals surface area contributed by atoms with Gasteiger partial charge in [-0.2, -0.15) is 0 Å². The van der Waals surface area contributed by atoms with E-state index in [-0.39, 0.29) is 5.91 Å². The van der Waals surface area contributed by atoms with Crippen LogP contribution in [0, 0.1) is 6.92 Å². The zero-order valence-corrected chi connectivity index (χ0v) is 16.5. The zero-order valence-electron chi connectivity index (χ0n) is 14.2. The van der Waals surface area contributed by atoms with Gasteiger partial charge in [-0.3, -0.25) is 4.79 Å². The molecular weight excluding hydrogens is 377 g/mol. The number of amides is 1. The largest absolute Gasteiger partial charge is 0.321 e. The van der Waals surface area contributed by atoms with E-state index in [1.807, 2.05) is 31.2 Å². The molecule has 1 aromatic carbocycles. The van der Waals surface area contributed by atoms with Crippen molar-refractivity contribution in [2.75, 3.05) is 38.0 Å². The Morgan fingerprint density at radius 3 is 2.52 bits per heavy atom. The highest BCUT2D eigenvalue weighted by Gasteiger charge is 2.25. The molecule has 3 N–H and O–H groups in total. The van der Waals surface area contributed by atoms with Gasteiger partial charge in [-0.1, -0.05) is 29.3 Å². The maximum atomic E-state index is 12.3. The molecule has 0 radical (unpaired) electrons. The average Bonchev–Trinajstić information content (AvgIpc) is 2.99. The lowest BCUT2D eigenvalue weighted by Gasteiger charge is -2.29. The molecule has 134 valence electrons. The molecule has 4 nitrogen and oxygen atoms in total. The fraction of sp³-hybridized carbons (Fsp3) is 0.389. The normalized spacial score (nSPS) is 20.4. The van der Waals surface area contributed by atoms with E-state index >= 15 is 0 Å². The van der Waals surface area contributed by atoms with Gasteiger partial charge in [-0.25, -0.2) is 0 Å². The lowest BCUT2D eigenvalue weighted by molar-refractivity contribution is -1.01. The molecule has 0 unspecified atom stereocenters. The second-order valence-corrected chi connectivity index (χ2v) is 8.73. The molecule has 1 aliphatic rings. The standard InChI is InChI=1S/C18H21Cl2N3OS/c1-13-15(19)3-2-4-16(13)21-18(24)12-23-9-7-22(8-10-23)11-14-5-6-17(20)25-14/h2-6H,7-12H2,1H3,(H,21,24)/p+2. The average molecular weight is 400 g/mol. The summed E-state index contributed by atoms with van der Waals surface area (Å²) in [6, 6.07) is 9.66. The summed E-state index contributed by atoms with van der Waals surface area (Å²) in [5.74, 6) is 0.0499. The van der Waals surface area contributed by atoms with Crippen LogP contribution in [0.3, 0.4) is 0 Å². The molecule has 1 amide bonds. The molecule has 1 aromatic heterocycles. The van der Waals surface area contributed by atoms with E-state index in [0.717, 1.165) is 48.3 Å². The van der Waals surface area contributed by atoms with Crippen molar-refractivity contribution >= 4 is 46.1 Å². The molecule has 0 atom stereocenters. The number of anilines is 1. The Bertz CT molecular complexity index is 742. The van der Waals surface area contributed by atoms with Crippen molar-refractivity contribution in [3.8, 4) is 0 Å². The fourth-order valence-electron chi connectivity index (χ4n) is 3.17. The predicted molar refractivity (Wildman–Crippen MR) is 104 cm³/mol. The summed E-state index contributed by atoms with van der Waals surface area (Å²) in [6.45, 7) is 7.63. The third-order valence-electron chi connectivity index (χ3n) is 4.67. The van der Waals surface area contributed by atoms with E-state index in [4.69, 9.17) is 23.2 Å². The minimum absolute atomic E-state index is 0.0499. The highest BCUT2D eigenvalue weighted by Crippen LogP contribution is 2.22. The monoisotopic (exact) mass is 399 g/mol. The third kappa shape index (κ3) is 5.19. The number of rotatable bonds is 5. The number of hydrogen-bond donors (Lipinski definition) is 3. The minimum Gasteiger partial charge on any atom is -0.321 e. The summed E-state index contributed by atoms with van der Waals surface area (Å²) in [5, 5.41) is 3.67. The minimum atomic E-state index is 0.0499. The van der Waals surface area contributed by atoms with Crippen LogP contribution in [0.5, 0.6) is 0 Å². The van der Waals surface area contributed by atoms with Crippen molar-refractivity contribution in [3.63, 3.8) is 0 Å². The van der Waals surface area contributed by atoms with E-state index in [2.05, 4.69) is 11.4 Å². The summed E-state index contributed by atoms with van der Waals surface area (Å²) in [6.07, 6.45) is 0. The summed E-state index contributed by atoms with van der Waals surface area (Å²) in [7, 11) is 0. The Morgan fingerprint density at radius 2 is 1.84 bits per heavy atom. The van der Waals surface area contributed by atoms with Gasteiger partial charge in [-0.05, 0) is 36.8 Å². The van der Waals surface area contributed by atoms with Crippen LogP contribution >= 0.6 is 34.5 Å². The summed E-state index contributed by atoms with van der Waals surface area (Å²) >= 11 is 13.8. The Balaban J connectivity index is 1.45. The van der Waals surface area contributed by atoms with Crippen molar-refractivity contribution in [2.24, 2.45) is 0 Å². The molecule has 0 bridgehead atoms. The number of halogens is 2. The number of thiophene rings is 1. The van der Waals surface area contributed by atoms with Crippen LogP contribution < -0.4 is 15.1 Å². The van der Waals surface area contributed by atoms with Gasteiger partial charge in [0.15, 0.2) is 6.54 Å². The number of benzene rings is 1. The van der Waals surface area contributed by atoms with Gasteiger partial charge in [0.05, 0.1) is 9.21 Å². The SMILES string of the molecule is Cc1c(Cl)cccc1NC(=O)C[NH+]1CC[NH+](Cc2ccc(Cl)s2)CC1. The smallest absolute Gasteiger partial charge is 0.279 e. The summed E-state index contributed by atoms with van der Waals surface area (Å²) in [4.78, 5) is 16.6. The molecule has 2 heterocycles. The van der Waals surface area contributed by atoms with Crippen LogP contribution in [-0.4, -0.2) is 38.6 Å². The molecule has 0 saturated carbocycles. The molecule has 1 fully saturated rings. The first-order chi connectivity index (χ1) is 12.0. The number of carbonyl (C=O) groups is 1. The van der Waals surface area contributed by atoms with Gasteiger partial charge in [-0.15, -0.1) is 11.3 Å². The van der Waals surface area contributed by atoms with Crippen molar-refractivity contribution in [1.29, 1.82) is 0 Å². The lowest BCUT2D eigenvalue weighted by atomic mass is 10.2. The predicted octanol–water partition coefficient (Wildman–Crippen LogP) is 1.29. The molecule has 1 saturated heterocycles. The van der Waals surface area contributed by atoms with E-state index in [1.165, 1.54) is 9.78 Å². The lowest BCUT2D eigenvalue weighted by Crippen LogP contribution is -3.28. The number of nitrogens with one attached hydrogen (secondary N) is 3. The van der Waals surface area contributed by atoms with Crippen LogP contribution in [-0.2, 0) is 11.3 Å². The molecule has 3 rings (SSSR count). The Morgan fingerprint density at radius 1 is 1.12 bits per heavy atom. The van der Waals surface area contributed by atoms with Gasteiger partial charge in [0.2, 0.25) is 0 Å². The molecule has 0 spiro atoms. The second kappa shape index (κ2) is 8.52. The number of carbonyl (C=O) groups excluding carboxylic acids is 1. The quantitative estimate of drug-likeness (QED) is 0.695. The molecule has 25 heavy (non-hydrogen) atoms. The second-order valence-electron chi connectivity index (χ2n) is 6.52. The Kier molecular flexibility index (Phi) is 6.36. The van der Waals surface area contributed by atoms with Crippen molar-refractivity contribution in [2.45, 2.75) is 13.5 Å². The Labute approximate surface area is 162 Å². The zero-order chi connectivity index (χ0) is 17.8. The first-order valence-electron chi connectivity index (χ1n) is 8.47. The highest BCUT2D eigenvalue weighted by atomic mass is 35.5. The first-order valence-corrected chi connectivity index (χ1v) is 10.0. The van der Waals surface area contributed by atoms with Crippen molar-refractivity contribution < 1.29 is 14.6 Å². The van der Waals surface area contributed by atoms with Gasteiger partial charge >= 0.3 is 0 Å².